The second kappa shape index (κ2) is 5.78. The smallest absolute Gasteiger partial charge is 0.353 e. The summed E-state index contributed by atoms with van der Waals surface area (Å²) >= 11 is 1.22. The molecule has 0 spiro atoms. The highest BCUT2D eigenvalue weighted by atomic mass is 32.2. The molecule has 1 amide bonds. The Morgan fingerprint density at radius 2 is 2.26 bits per heavy atom. The second-order valence-electron chi connectivity index (χ2n) is 5.40. The summed E-state index contributed by atoms with van der Waals surface area (Å²) in [4.78, 5) is 25.4. The number of hydrogen-bond acceptors (Lipinski definition) is 7. The number of aromatic nitrogens is 4. The molecule has 2 aliphatic heterocycles. The number of aliphatic carboxylic acids is 1. The van der Waals surface area contributed by atoms with Crippen LogP contribution < -0.4 is 0 Å². The van der Waals surface area contributed by atoms with Crippen molar-refractivity contribution in [1.82, 2.24) is 25.1 Å². The van der Waals surface area contributed by atoms with Gasteiger partial charge in [-0.05, 0) is 29.7 Å². The van der Waals surface area contributed by atoms with E-state index >= 15 is 0 Å². The molecule has 3 atom stereocenters. The quantitative estimate of drug-likeness (QED) is 0.723. The number of aliphatic hydroxyl groups is 1. The van der Waals surface area contributed by atoms with E-state index in [4.69, 9.17) is 0 Å². The Hall–Kier alpha value is -2.20. The Kier molecular flexibility index (Phi) is 3.94. The lowest BCUT2D eigenvalue weighted by molar-refractivity contribution is -0.161. The van der Waals surface area contributed by atoms with Crippen molar-refractivity contribution in [2.45, 2.75) is 32.4 Å². The molecule has 0 aromatic carbocycles. The molecule has 0 bridgehead atoms. The maximum absolute atomic E-state index is 12.1. The Morgan fingerprint density at radius 3 is 2.83 bits per heavy atom. The number of aliphatic hydroxyl groups excluding tert-OH is 1. The minimum Gasteiger partial charge on any atom is -0.477 e. The van der Waals surface area contributed by atoms with Gasteiger partial charge in [-0.25, -0.2) is 9.48 Å². The monoisotopic (exact) mass is 337 g/mol. The lowest BCUT2D eigenvalue weighted by atomic mass is 9.83. The topological polar surface area (TPSA) is 121 Å². The van der Waals surface area contributed by atoms with Gasteiger partial charge in [-0.15, -0.1) is 5.10 Å². The molecule has 0 saturated carbocycles. The third-order valence-electron chi connectivity index (χ3n) is 3.96. The standard InChI is InChI=1S/C13H15N5O4S/c1-6(19)10-8-5-9(11(13(21)22)18(8)12(10)20)23-4-3-17-7(2)14-15-16-17/h3-4,6,8,10,19H,5H2,1-2H3,(H,21,22)/b4-3+/t6-,8+,10-/m0/s1. The minimum atomic E-state index is -1.14. The molecule has 122 valence electrons. The third kappa shape index (κ3) is 2.53. The lowest BCUT2D eigenvalue weighted by Crippen LogP contribution is -2.61. The van der Waals surface area contributed by atoms with Crippen molar-refractivity contribution in [2.24, 2.45) is 5.92 Å². The van der Waals surface area contributed by atoms with E-state index in [-0.39, 0.29) is 17.6 Å². The van der Waals surface area contributed by atoms with Crippen molar-refractivity contribution in [1.29, 1.82) is 0 Å². The Bertz CT molecular complexity index is 726. The fourth-order valence-electron chi connectivity index (χ4n) is 2.88. The van der Waals surface area contributed by atoms with Crippen molar-refractivity contribution < 1.29 is 19.8 Å². The predicted octanol–water partition coefficient (Wildman–Crippen LogP) is 0.0506. The van der Waals surface area contributed by atoms with E-state index in [9.17, 15) is 19.8 Å². The zero-order chi connectivity index (χ0) is 16.7. The highest BCUT2D eigenvalue weighted by Gasteiger charge is 2.56. The summed E-state index contributed by atoms with van der Waals surface area (Å²) in [7, 11) is 0. The van der Waals surface area contributed by atoms with Crippen molar-refractivity contribution in [3.63, 3.8) is 0 Å². The first-order valence-electron chi connectivity index (χ1n) is 6.97. The van der Waals surface area contributed by atoms with Crippen LogP contribution in [-0.2, 0) is 9.59 Å². The van der Waals surface area contributed by atoms with E-state index in [0.29, 0.717) is 17.2 Å². The van der Waals surface area contributed by atoms with E-state index in [1.807, 2.05) is 0 Å². The van der Waals surface area contributed by atoms with Gasteiger partial charge < -0.3 is 15.1 Å². The van der Waals surface area contributed by atoms with Gasteiger partial charge in [0.05, 0.1) is 18.1 Å². The average molecular weight is 337 g/mol. The van der Waals surface area contributed by atoms with Crippen molar-refractivity contribution >= 4 is 29.8 Å². The summed E-state index contributed by atoms with van der Waals surface area (Å²) in [6.45, 7) is 3.29. The molecular formula is C13H15N5O4S. The number of hydrogen-bond donors (Lipinski definition) is 2. The Morgan fingerprint density at radius 1 is 1.52 bits per heavy atom. The summed E-state index contributed by atoms with van der Waals surface area (Å²) in [5.74, 6) is -1.40. The van der Waals surface area contributed by atoms with Crippen LogP contribution in [0.15, 0.2) is 16.0 Å². The SMILES string of the molecule is Cc1nnnn1/C=C/SC1=C(C(=O)O)N2C(=O)[C@@H]([C@H](C)O)[C@H]2C1. The summed E-state index contributed by atoms with van der Waals surface area (Å²) in [6, 6.07) is -0.278. The molecule has 9 nitrogen and oxygen atoms in total. The van der Waals surface area contributed by atoms with Crippen LogP contribution in [0.1, 0.15) is 19.2 Å². The van der Waals surface area contributed by atoms with Gasteiger partial charge in [-0.1, -0.05) is 11.8 Å². The number of carbonyl (C=O) groups is 2. The van der Waals surface area contributed by atoms with Gasteiger partial charge in [0.2, 0.25) is 5.91 Å². The lowest BCUT2D eigenvalue weighted by Gasteiger charge is -2.44. The first-order valence-corrected chi connectivity index (χ1v) is 7.85. The molecule has 2 N–H and O–H groups in total. The Balaban J connectivity index is 1.79. The summed E-state index contributed by atoms with van der Waals surface area (Å²) in [5, 5.41) is 31.7. The number of carbonyl (C=O) groups excluding carboxylic acids is 1. The first-order chi connectivity index (χ1) is 10.9. The number of carboxylic acid groups (broad SMARTS) is 1. The fraction of sp³-hybridized carbons (Fsp3) is 0.462. The number of rotatable bonds is 5. The minimum absolute atomic E-state index is 0.0000118. The number of aryl methyl sites for hydroxylation is 1. The van der Waals surface area contributed by atoms with Crippen LogP contribution in [0.3, 0.4) is 0 Å². The van der Waals surface area contributed by atoms with Gasteiger partial charge in [-0.2, -0.15) is 0 Å². The molecule has 2 aliphatic rings. The Labute approximate surface area is 135 Å². The van der Waals surface area contributed by atoms with Gasteiger partial charge in [0, 0.05) is 17.5 Å². The number of fused-ring (bicyclic) bond motifs is 1. The van der Waals surface area contributed by atoms with Crippen LogP contribution in [0.5, 0.6) is 0 Å². The number of nitrogens with zero attached hydrogens (tertiary/aromatic N) is 5. The zero-order valence-electron chi connectivity index (χ0n) is 12.4. The maximum Gasteiger partial charge on any atom is 0.353 e. The van der Waals surface area contributed by atoms with Gasteiger partial charge in [0.1, 0.15) is 5.70 Å². The normalized spacial score (nSPS) is 25.0. The molecule has 0 unspecified atom stereocenters. The molecule has 1 aromatic rings. The molecule has 3 heterocycles. The van der Waals surface area contributed by atoms with Crippen LogP contribution in [-0.4, -0.2) is 59.3 Å². The van der Waals surface area contributed by atoms with Gasteiger partial charge >= 0.3 is 5.97 Å². The molecule has 1 saturated heterocycles. The van der Waals surface area contributed by atoms with E-state index in [2.05, 4.69) is 15.5 Å². The maximum atomic E-state index is 12.1. The van der Waals surface area contributed by atoms with Crippen LogP contribution in [0.25, 0.3) is 6.20 Å². The van der Waals surface area contributed by atoms with E-state index in [1.54, 1.807) is 25.5 Å². The highest BCUT2D eigenvalue weighted by molar-refractivity contribution is 8.06. The van der Waals surface area contributed by atoms with Crippen LogP contribution in [0.4, 0.5) is 0 Å². The summed E-state index contributed by atoms with van der Waals surface area (Å²) < 4.78 is 1.46. The number of amides is 1. The fourth-order valence-corrected chi connectivity index (χ4v) is 3.79. The van der Waals surface area contributed by atoms with Gasteiger partial charge in [-0.3, -0.25) is 4.79 Å². The first kappa shape index (κ1) is 15.7. The third-order valence-corrected chi connectivity index (χ3v) is 4.86. The average Bonchev–Trinajstić information content (AvgIpc) is 3.01. The highest BCUT2D eigenvalue weighted by Crippen LogP contribution is 2.47. The van der Waals surface area contributed by atoms with Gasteiger partial charge in [0.15, 0.2) is 5.82 Å². The number of thioether (sulfide) groups is 1. The summed E-state index contributed by atoms with van der Waals surface area (Å²) in [6.07, 6.45) is 1.25. The molecular weight excluding hydrogens is 322 g/mol. The molecule has 10 heteroatoms. The van der Waals surface area contributed by atoms with E-state index < -0.39 is 18.0 Å². The number of carboxylic acids is 1. The van der Waals surface area contributed by atoms with Crippen LogP contribution in [0.2, 0.25) is 0 Å². The number of β-lactam (4-membered cyclic amide) rings is 1. The van der Waals surface area contributed by atoms with E-state index in [1.165, 1.54) is 21.3 Å². The molecule has 1 aromatic heterocycles. The molecule has 0 aliphatic carbocycles. The molecule has 1 fully saturated rings. The number of tetrazole rings is 1. The largest absolute Gasteiger partial charge is 0.477 e. The molecule has 0 radical (unpaired) electrons. The van der Waals surface area contributed by atoms with Crippen LogP contribution in [0, 0.1) is 12.8 Å². The van der Waals surface area contributed by atoms with Crippen molar-refractivity contribution in [3.05, 3.63) is 21.8 Å². The molecule has 23 heavy (non-hydrogen) atoms. The van der Waals surface area contributed by atoms with Crippen LogP contribution >= 0.6 is 11.8 Å². The van der Waals surface area contributed by atoms with Crippen molar-refractivity contribution in [3.8, 4) is 0 Å². The summed E-state index contributed by atoms with van der Waals surface area (Å²) in [5.41, 5.74) is -0.0000118. The predicted molar refractivity (Wildman–Crippen MR) is 80.6 cm³/mol. The molecule has 3 rings (SSSR count). The second-order valence-corrected chi connectivity index (χ2v) is 6.40. The van der Waals surface area contributed by atoms with Crippen molar-refractivity contribution in [2.75, 3.05) is 0 Å². The van der Waals surface area contributed by atoms with E-state index in [0.717, 1.165) is 0 Å². The van der Waals surface area contributed by atoms with Gasteiger partial charge in [0.25, 0.3) is 0 Å². The zero-order valence-corrected chi connectivity index (χ0v) is 13.3.